The van der Waals surface area contributed by atoms with Crippen LogP contribution < -0.4 is 10.2 Å². The average Bonchev–Trinajstić information content (AvgIpc) is 3.13. The van der Waals surface area contributed by atoms with Crippen LogP contribution in [-0.4, -0.2) is 47.6 Å². The summed E-state index contributed by atoms with van der Waals surface area (Å²) < 4.78 is 29.4. The van der Waals surface area contributed by atoms with Crippen LogP contribution in [0.5, 0.6) is 0 Å². The number of rotatable bonds is 5. The quantitative estimate of drug-likeness (QED) is 0.372. The van der Waals surface area contributed by atoms with Crippen LogP contribution in [0, 0.1) is 11.6 Å². The number of nitrogens with one attached hydrogen (secondary N) is 1. The van der Waals surface area contributed by atoms with Crippen molar-refractivity contribution in [1.29, 1.82) is 0 Å². The Labute approximate surface area is 194 Å². The summed E-state index contributed by atoms with van der Waals surface area (Å²) >= 11 is 2.00. The summed E-state index contributed by atoms with van der Waals surface area (Å²) in [7, 11) is 0. The lowest BCUT2D eigenvalue weighted by Gasteiger charge is -2.26. The van der Waals surface area contributed by atoms with E-state index in [2.05, 4.69) is 15.4 Å². The second-order valence-electron chi connectivity index (χ2n) is 8.03. The van der Waals surface area contributed by atoms with Gasteiger partial charge in [-0.2, -0.15) is 5.10 Å². The summed E-state index contributed by atoms with van der Waals surface area (Å²) in [6.45, 7) is 0.595. The molecule has 1 amide bonds. The number of amides is 1. The minimum Gasteiger partial charge on any atom is -0.479 e. The van der Waals surface area contributed by atoms with Gasteiger partial charge in [0, 0.05) is 22.2 Å². The fourth-order valence-corrected chi connectivity index (χ4v) is 5.33. The molecule has 1 saturated heterocycles. The van der Waals surface area contributed by atoms with E-state index in [-0.39, 0.29) is 26.7 Å². The molecule has 0 spiro atoms. The number of carboxylic acid groups (broad SMARTS) is 1. The van der Waals surface area contributed by atoms with Crippen molar-refractivity contribution in [2.24, 2.45) is 0 Å². The number of alkyl halides is 1. The molecule has 2 N–H and O–H groups in total. The predicted molar refractivity (Wildman–Crippen MR) is 119 cm³/mol. The van der Waals surface area contributed by atoms with Gasteiger partial charge in [-0.15, -0.1) is 0 Å². The zero-order chi connectivity index (χ0) is 22.6. The molecule has 0 bridgehead atoms. The monoisotopic (exact) mass is 553 g/mol. The third kappa shape index (κ3) is 3.38. The minimum atomic E-state index is -1.28. The van der Waals surface area contributed by atoms with Gasteiger partial charge in [0.15, 0.2) is 11.2 Å². The second-order valence-corrected chi connectivity index (χ2v) is 9.54. The molecule has 32 heavy (non-hydrogen) atoms. The Morgan fingerprint density at radius 2 is 2.06 bits per heavy atom. The number of nitrogens with zero attached hydrogens (tertiary/aromatic N) is 4. The zero-order valence-corrected chi connectivity index (χ0v) is 18.8. The maximum Gasteiger partial charge on any atom is 0.330 e. The van der Waals surface area contributed by atoms with E-state index >= 15 is 0 Å². The van der Waals surface area contributed by atoms with Gasteiger partial charge in [-0.1, -0.05) is 22.6 Å². The zero-order valence-electron chi connectivity index (χ0n) is 16.6. The summed E-state index contributed by atoms with van der Waals surface area (Å²) in [5.74, 6) is -2.13. The summed E-state index contributed by atoms with van der Waals surface area (Å²) in [6, 6.07) is 4.73. The number of hydrogen-bond acceptors (Lipinski definition) is 5. The molecule has 2 aromatic heterocycles. The lowest BCUT2D eigenvalue weighted by atomic mass is 10.0. The Balaban J connectivity index is 1.48. The number of carbonyl (C=O) groups excluding carboxylic acids is 1. The molecule has 3 atom stereocenters. The van der Waals surface area contributed by atoms with Crippen LogP contribution in [-0.2, 0) is 4.79 Å². The van der Waals surface area contributed by atoms with Crippen molar-refractivity contribution in [2.45, 2.75) is 34.8 Å². The van der Waals surface area contributed by atoms with Crippen molar-refractivity contribution >= 4 is 45.9 Å². The molecule has 166 valence electrons. The van der Waals surface area contributed by atoms with Gasteiger partial charge in [0.1, 0.15) is 23.0 Å². The molecule has 2 aliphatic rings. The van der Waals surface area contributed by atoms with Gasteiger partial charge in [-0.05, 0) is 43.5 Å². The number of aliphatic carboxylic acids is 1. The van der Waals surface area contributed by atoms with Gasteiger partial charge >= 0.3 is 5.97 Å². The first-order valence-electron chi connectivity index (χ1n) is 10.1. The Hall–Kier alpha value is -2.83. The lowest BCUT2D eigenvalue weighted by Crippen LogP contribution is -2.45. The van der Waals surface area contributed by atoms with E-state index in [0.29, 0.717) is 25.2 Å². The van der Waals surface area contributed by atoms with E-state index in [1.807, 2.05) is 27.5 Å². The Morgan fingerprint density at radius 1 is 1.28 bits per heavy atom. The summed E-state index contributed by atoms with van der Waals surface area (Å²) in [4.78, 5) is 30.9. The van der Waals surface area contributed by atoms with Gasteiger partial charge in [-0.3, -0.25) is 4.79 Å². The molecule has 1 aliphatic heterocycles. The number of fused-ring (bicyclic) bond motifs is 1. The highest BCUT2D eigenvalue weighted by Gasteiger charge is 2.60. The molecule has 11 heteroatoms. The van der Waals surface area contributed by atoms with Crippen molar-refractivity contribution in [3.63, 3.8) is 0 Å². The van der Waals surface area contributed by atoms with Gasteiger partial charge in [0.25, 0.3) is 5.91 Å². The lowest BCUT2D eigenvalue weighted by molar-refractivity contribution is -0.140. The molecule has 1 saturated carbocycles. The highest BCUT2D eigenvalue weighted by molar-refractivity contribution is 14.1. The number of carboxylic acids is 1. The summed E-state index contributed by atoms with van der Waals surface area (Å²) in [5, 5.41) is 16.2. The van der Waals surface area contributed by atoms with Crippen LogP contribution >= 0.6 is 22.6 Å². The van der Waals surface area contributed by atoms with Crippen molar-refractivity contribution in [3.05, 3.63) is 59.4 Å². The predicted octanol–water partition coefficient (Wildman–Crippen LogP) is 3.11. The fraction of sp³-hybridized carbons (Fsp3) is 0.333. The smallest absolute Gasteiger partial charge is 0.330 e. The van der Waals surface area contributed by atoms with Crippen LogP contribution in [0.2, 0.25) is 0 Å². The van der Waals surface area contributed by atoms with Crippen molar-refractivity contribution in [2.75, 3.05) is 11.4 Å². The molecule has 0 radical (unpaired) electrons. The molecule has 3 aromatic rings. The molecule has 5 rings (SSSR count). The van der Waals surface area contributed by atoms with Crippen LogP contribution in [0.15, 0.2) is 36.7 Å². The number of carbonyl (C=O) groups is 2. The first-order chi connectivity index (χ1) is 15.3. The van der Waals surface area contributed by atoms with E-state index in [1.165, 1.54) is 16.8 Å². The van der Waals surface area contributed by atoms with Crippen molar-refractivity contribution in [3.8, 4) is 0 Å². The highest BCUT2D eigenvalue weighted by Crippen LogP contribution is 2.43. The highest BCUT2D eigenvalue weighted by atomic mass is 127. The molecular weight excluding hydrogens is 535 g/mol. The number of aromatic nitrogens is 3. The van der Waals surface area contributed by atoms with E-state index in [9.17, 15) is 23.5 Å². The maximum absolute atomic E-state index is 14.4. The van der Waals surface area contributed by atoms with Crippen LogP contribution in [0.3, 0.4) is 0 Å². The normalized spacial score (nSPS) is 24.7. The minimum absolute atomic E-state index is 0.149. The van der Waals surface area contributed by atoms with E-state index in [1.54, 1.807) is 12.3 Å². The van der Waals surface area contributed by atoms with E-state index < -0.39 is 29.0 Å². The third-order valence-corrected chi connectivity index (χ3v) is 7.56. The van der Waals surface area contributed by atoms with Gasteiger partial charge < -0.3 is 15.3 Å². The summed E-state index contributed by atoms with van der Waals surface area (Å²) in [5.41, 5.74) is -0.605. The van der Waals surface area contributed by atoms with Crippen molar-refractivity contribution in [1.82, 2.24) is 19.9 Å². The second kappa shape index (κ2) is 7.64. The number of anilines is 1. The molecule has 1 aromatic carbocycles. The van der Waals surface area contributed by atoms with E-state index in [0.717, 1.165) is 18.6 Å². The molecule has 1 aliphatic carbocycles. The Kier molecular flexibility index (Phi) is 5.02. The van der Waals surface area contributed by atoms with Crippen molar-refractivity contribution < 1.29 is 23.5 Å². The SMILES string of the molecule is O=C(N[C@@]1(C(=O)O)CC1I)c1cnn2ccc(N3CCCC3c3cc(F)ccc3F)nc12. The van der Waals surface area contributed by atoms with Crippen LogP contribution in [0.25, 0.3) is 5.65 Å². The van der Waals surface area contributed by atoms with E-state index in [4.69, 9.17) is 0 Å². The number of halogens is 3. The number of benzene rings is 1. The molecule has 2 unspecified atom stereocenters. The van der Waals surface area contributed by atoms with Gasteiger partial charge in [0.05, 0.1) is 12.2 Å². The largest absolute Gasteiger partial charge is 0.479 e. The van der Waals surface area contributed by atoms with Crippen LogP contribution in [0.4, 0.5) is 14.6 Å². The Bertz CT molecular complexity index is 1250. The van der Waals surface area contributed by atoms with Crippen LogP contribution in [0.1, 0.15) is 41.2 Å². The fourth-order valence-electron chi connectivity index (χ4n) is 4.21. The third-order valence-electron chi connectivity index (χ3n) is 6.06. The standard InChI is InChI=1S/C21H18F2IN5O3/c22-11-3-4-14(23)12(8-11)15-2-1-6-28(15)17-5-7-29-18(26-17)13(10-25-29)19(30)27-21(20(31)32)9-16(21)24/h3-5,7-8,10,15-16H,1-2,6,9H2,(H,27,30)(H,31,32)/t15?,16?,21-/m0/s1. The van der Waals surface area contributed by atoms with Gasteiger partial charge in [-0.25, -0.2) is 23.1 Å². The Morgan fingerprint density at radius 3 is 2.78 bits per heavy atom. The molecule has 8 nitrogen and oxygen atoms in total. The topological polar surface area (TPSA) is 99.8 Å². The maximum atomic E-state index is 14.4. The summed E-state index contributed by atoms with van der Waals surface area (Å²) in [6.07, 6.45) is 4.74. The molecule has 3 heterocycles. The van der Waals surface area contributed by atoms with Gasteiger partial charge in [0.2, 0.25) is 0 Å². The molecule has 2 fully saturated rings. The molecular formula is C21H18F2IN5O3. The first-order valence-corrected chi connectivity index (χ1v) is 11.3. The number of hydrogen-bond donors (Lipinski definition) is 2. The average molecular weight is 553 g/mol. The first kappa shape index (κ1) is 21.0.